The highest BCUT2D eigenvalue weighted by Gasteiger charge is 2.40. The molecule has 1 aliphatic carbocycles. The molecule has 0 amide bonds. The van der Waals surface area contributed by atoms with Crippen LogP contribution in [0.1, 0.15) is 24.3 Å². The van der Waals surface area contributed by atoms with Gasteiger partial charge in [0.2, 0.25) is 5.89 Å². The summed E-state index contributed by atoms with van der Waals surface area (Å²) in [6.07, 6.45) is 1.81. The normalized spacial score (nSPS) is 26.7. The van der Waals surface area contributed by atoms with Crippen LogP contribution in [0, 0.1) is 18.8 Å². The van der Waals surface area contributed by atoms with E-state index in [1.165, 1.54) is 0 Å². The van der Waals surface area contributed by atoms with Crippen LogP contribution < -0.4 is 4.74 Å². The molecule has 5 nitrogen and oxygen atoms in total. The highest BCUT2D eigenvalue weighted by Crippen LogP contribution is 2.39. The molecule has 1 N–H and O–H groups in total. The number of benzene rings is 1. The van der Waals surface area contributed by atoms with E-state index in [0.717, 1.165) is 55.2 Å². The van der Waals surface area contributed by atoms with Gasteiger partial charge in [0.25, 0.3) is 0 Å². The molecule has 0 bridgehead atoms. The van der Waals surface area contributed by atoms with Gasteiger partial charge in [0.15, 0.2) is 0 Å². The van der Waals surface area contributed by atoms with Gasteiger partial charge in [-0.25, -0.2) is 4.98 Å². The Morgan fingerprint density at radius 1 is 1.25 bits per heavy atom. The van der Waals surface area contributed by atoms with Crippen LogP contribution >= 0.6 is 0 Å². The second-order valence-corrected chi connectivity index (χ2v) is 7.06. The van der Waals surface area contributed by atoms with E-state index in [2.05, 4.69) is 4.90 Å². The Labute approximate surface area is 142 Å². The summed E-state index contributed by atoms with van der Waals surface area (Å²) in [4.78, 5) is 7.17. The van der Waals surface area contributed by atoms with E-state index >= 15 is 0 Å². The summed E-state index contributed by atoms with van der Waals surface area (Å²) < 4.78 is 11.3. The Balaban J connectivity index is 1.51. The Morgan fingerprint density at radius 3 is 2.67 bits per heavy atom. The number of methoxy groups -OCH3 is 1. The third-order valence-electron chi connectivity index (χ3n) is 5.41. The van der Waals surface area contributed by atoms with Crippen molar-refractivity contribution in [2.24, 2.45) is 11.8 Å². The third kappa shape index (κ3) is 2.82. The number of ether oxygens (including phenoxy) is 1. The van der Waals surface area contributed by atoms with Crippen molar-refractivity contribution in [1.29, 1.82) is 0 Å². The smallest absolute Gasteiger partial charge is 0.230 e. The van der Waals surface area contributed by atoms with Crippen LogP contribution in [0.5, 0.6) is 5.75 Å². The van der Waals surface area contributed by atoms with E-state index in [-0.39, 0.29) is 6.10 Å². The van der Waals surface area contributed by atoms with E-state index in [1.807, 2.05) is 31.2 Å². The molecule has 2 aromatic rings. The van der Waals surface area contributed by atoms with Gasteiger partial charge in [-0.3, -0.25) is 4.90 Å². The zero-order valence-corrected chi connectivity index (χ0v) is 14.2. The molecule has 2 heterocycles. The molecule has 1 unspecified atom stereocenters. The molecule has 128 valence electrons. The van der Waals surface area contributed by atoms with Crippen molar-refractivity contribution in [3.05, 3.63) is 35.7 Å². The van der Waals surface area contributed by atoms with Crippen LogP contribution in [-0.2, 0) is 6.54 Å². The van der Waals surface area contributed by atoms with Gasteiger partial charge in [-0.2, -0.15) is 0 Å². The maximum Gasteiger partial charge on any atom is 0.230 e. The number of aromatic nitrogens is 1. The summed E-state index contributed by atoms with van der Waals surface area (Å²) in [5, 5.41) is 9.78. The Morgan fingerprint density at radius 2 is 1.96 bits per heavy atom. The number of rotatable bonds is 4. The van der Waals surface area contributed by atoms with Crippen LogP contribution in [0.4, 0.5) is 0 Å². The number of aryl methyl sites for hydroxylation is 1. The number of fused-ring (bicyclic) bond motifs is 1. The monoisotopic (exact) mass is 328 g/mol. The lowest BCUT2D eigenvalue weighted by atomic mass is 10.0. The number of oxazole rings is 1. The SMILES string of the molecule is COc1ccccc1-c1nc(CN2C[C@H]3CC(O)C[C@H]3C2)c(C)o1. The van der Waals surface area contributed by atoms with Gasteiger partial charge in [-0.05, 0) is 43.7 Å². The van der Waals surface area contributed by atoms with Crippen LogP contribution in [-0.4, -0.2) is 41.3 Å². The molecule has 0 spiro atoms. The molecule has 24 heavy (non-hydrogen) atoms. The number of aliphatic hydroxyl groups is 1. The minimum Gasteiger partial charge on any atom is -0.496 e. The number of nitrogens with zero attached hydrogens (tertiary/aromatic N) is 2. The van der Waals surface area contributed by atoms with Crippen LogP contribution in [0.15, 0.2) is 28.7 Å². The highest BCUT2D eigenvalue weighted by molar-refractivity contribution is 5.62. The lowest BCUT2D eigenvalue weighted by Gasteiger charge is -2.16. The zero-order valence-electron chi connectivity index (χ0n) is 14.2. The lowest BCUT2D eigenvalue weighted by Crippen LogP contribution is -2.23. The number of hydrogen-bond donors (Lipinski definition) is 1. The standard InChI is InChI=1S/C19H24N2O3/c1-12-17(11-21-9-13-7-15(22)8-14(13)10-21)20-19(24-12)16-5-3-4-6-18(16)23-2/h3-6,13-15,22H,7-11H2,1-2H3/t13-,14+,15?. The third-order valence-corrected chi connectivity index (χ3v) is 5.41. The number of hydrogen-bond acceptors (Lipinski definition) is 5. The first-order valence-electron chi connectivity index (χ1n) is 8.64. The summed E-state index contributed by atoms with van der Waals surface area (Å²) >= 11 is 0. The molecular formula is C19H24N2O3. The van der Waals surface area contributed by atoms with E-state index in [0.29, 0.717) is 17.7 Å². The summed E-state index contributed by atoms with van der Waals surface area (Å²) in [6, 6.07) is 7.79. The Hall–Kier alpha value is -1.85. The van der Waals surface area contributed by atoms with Gasteiger partial charge in [0.1, 0.15) is 11.5 Å². The molecular weight excluding hydrogens is 304 g/mol. The van der Waals surface area contributed by atoms with Crippen molar-refractivity contribution in [1.82, 2.24) is 9.88 Å². The highest BCUT2D eigenvalue weighted by atomic mass is 16.5. The van der Waals surface area contributed by atoms with Crippen LogP contribution in [0.2, 0.25) is 0 Å². The lowest BCUT2D eigenvalue weighted by molar-refractivity contribution is 0.160. The molecule has 3 atom stereocenters. The van der Waals surface area contributed by atoms with Gasteiger partial charge < -0.3 is 14.3 Å². The molecule has 2 fully saturated rings. The fourth-order valence-electron chi connectivity index (χ4n) is 4.22. The molecule has 1 aliphatic heterocycles. The van der Waals surface area contributed by atoms with Gasteiger partial charge in [-0.1, -0.05) is 12.1 Å². The second-order valence-electron chi connectivity index (χ2n) is 7.06. The first kappa shape index (κ1) is 15.7. The van der Waals surface area contributed by atoms with Gasteiger partial charge >= 0.3 is 0 Å². The predicted octanol–water partition coefficient (Wildman–Crippen LogP) is 2.86. The van der Waals surface area contributed by atoms with E-state index in [9.17, 15) is 5.11 Å². The van der Waals surface area contributed by atoms with E-state index < -0.39 is 0 Å². The van der Waals surface area contributed by atoms with Crippen molar-refractivity contribution >= 4 is 0 Å². The minimum atomic E-state index is -0.0897. The van der Waals surface area contributed by atoms with Crippen LogP contribution in [0.3, 0.4) is 0 Å². The van der Waals surface area contributed by atoms with Crippen molar-refractivity contribution in [2.75, 3.05) is 20.2 Å². The average Bonchev–Trinajstić information content (AvgIpc) is 3.21. The van der Waals surface area contributed by atoms with Crippen molar-refractivity contribution in [2.45, 2.75) is 32.4 Å². The first-order chi connectivity index (χ1) is 11.6. The molecule has 1 saturated heterocycles. The molecule has 1 aromatic carbocycles. The molecule has 4 rings (SSSR count). The summed E-state index contributed by atoms with van der Waals surface area (Å²) in [5.74, 6) is 3.54. The molecule has 2 aliphatic rings. The van der Waals surface area contributed by atoms with Crippen molar-refractivity contribution < 1.29 is 14.3 Å². The average molecular weight is 328 g/mol. The minimum absolute atomic E-state index is 0.0897. The Bertz CT molecular complexity index is 713. The fraction of sp³-hybridized carbons (Fsp3) is 0.526. The van der Waals surface area contributed by atoms with E-state index in [4.69, 9.17) is 14.1 Å². The second kappa shape index (κ2) is 6.22. The number of aliphatic hydroxyl groups excluding tert-OH is 1. The fourth-order valence-corrected chi connectivity index (χ4v) is 4.22. The maximum absolute atomic E-state index is 9.78. The van der Waals surface area contributed by atoms with Gasteiger partial charge in [0, 0.05) is 19.6 Å². The van der Waals surface area contributed by atoms with Gasteiger partial charge in [-0.15, -0.1) is 0 Å². The molecule has 1 saturated carbocycles. The predicted molar refractivity (Wildman–Crippen MR) is 90.7 cm³/mol. The largest absolute Gasteiger partial charge is 0.496 e. The number of likely N-dealkylation sites (tertiary alicyclic amines) is 1. The zero-order chi connectivity index (χ0) is 16.7. The summed E-state index contributed by atoms with van der Waals surface area (Å²) in [7, 11) is 1.66. The first-order valence-corrected chi connectivity index (χ1v) is 8.64. The summed E-state index contributed by atoms with van der Waals surface area (Å²) in [6.45, 7) is 4.89. The van der Waals surface area contributed by atoms with Crippen LogP contribution in [0.25, 0.3) is 11.5 Å². The number of para-hydroxylation sites is 1. The van der Waals surface area contributed by atoms with E-state index in [1.54, 1.807) is 7.11 Å². The molecule has 5 heteroatoms. The molecule has 0 radical (unpaired) electrons. The quantitative estimate of drug-likeness (QED) is 0.935. The van der Waals surface area contributed by atoms with Crippen molar-refractivity contribution in [3.63, 3.8) is 0 Å². The van der Waals surface area contributed by atoms with Gasteiger partial charge in [0.05, 0.1) is 24.5 Å². The maximum atomic E-state index is 9.78. The Kier molecular flexibility index (Phi) is 4.06. The summed E-state index contributed by atoms with van der Waals surface area (Å²) in [5.41, 5.74) is 1.88. The molecule has 1 aromatic heterocycles. The van der Waals surface area contributed by atoms with Crippen molar-refractivity contribution in [3.8, 4) is 17.2 Å². The topological polar surface area (TPSA) is 58.7 Å².